The number of hydrogen-bond donors (Lipinski definition) is 2. The highest BCUT2D eigenvalue weighted by Gasteiger charge is 2.22. The molecule has 0 bridgehead atoms. The van der Waals surface area contributed by atoms with Crippen molar-refractivity contribution in [2.45, 2.75) is 13.3 Å². The molecule has 2 N–H and O–H groups in total. The van der Waals surface area contributed by atoms with E-state index in [1.807, 2.05) is 0 Å². The van der Waals surface area contributed by atoms with Gasteiger partial charge in [0.05, 0.1) is 6.42 Å². The molecule has 106 valence electrons. The van der Waals surface area contributed by atoms with Crippen LogP contribution >= 0.6 is 0 Å². The van der Waals surface area contributed by atoms with Crippen LogP contribution in [0.25, 0.3) is 0 Å². The molecule has 1 aromatic carbocycles. The van der Waals surface area contributed by atoms with E-state index in [1.165, 1.54) is 0 Å². The van der Waals surface area contributed by atoms with Crippen LogP contribution in [0.15, 0.2) is 24.3 Å². The van der Waals surface area contributed by atoms with Crippen molar-refractivity contribution < 1.29 is 19.5 Å². The number of carbonyl (C=O) groups is 3. The molecule has 1 aromatic rings. The van der Waals surface area contributed by atoms with Gasteiger partial charge in [-0.2, -0.15) is 0 Å². The molecule has 0 radical (unpaired) electrons. The predicted molar refractivity (Wildman–Crippen MR) is 72.9 cm³/mol. The van der Waals surface area contributed by atoms with Crippen LogP contribution in [0.5, 0.6) is 0 Å². The van der Waals surface area contributed by atoms with E-state index in [4.69, 9.17) is 5.11 Å². The van der Waals surface area contributed by atoms with Gasteiger partial charge < -0.3 is 10.4 Å². The van der Waals surface area contributed by atoms with Gasteiger partial charge in [0.1, 0.15) is 0 Å². The molecular weight excluding hydrogens is 260 g/mol. The standard InChI is InChI=1S/C14H16N2O4/c1-9(8-12(17)18)13(19)10-2-4-11(5-3-10)16-7-6-15-14(16)20/h2-5,9H,6-8H2,1H3,(H,15,20)(H,17,18). The first-order valence-electron chi connectivity index (χ1n) is 6.40. The van der Waals surface area contributed by atoms with Crippen molar-refractivity contribution in [2.75, 3.05) is 18.0 Å². The molecule has 1 aliphatic rings. The number of Topliss-reactive ketones (excluding diaryl/α,β-unsaturated/α-hetero) is 1. The number of carbonyl (C=O) groups excluding carboxylic acids is 2. The molecule has 1 fully saturated rings. The Morgan fingerprint density at radius 1 is 1.35 bits per heavy atom. The number of aliphatic carboxylic acids is 1. The van der Waals surface area contributed by atoms with E-state index in [-0.39, 0.29) is 18.2 Å². The SMILES string of the molecule is CC(CC(=O)O)C(=O)c1ccc(N2CCNC2=O)cc1. The van der Waals surface area contributed by atoms with Gasteiger partial charge in [0, 0.05) is 30.3 Å². The van der Waals surface area contributed by atoms with Crippen LogP contribution in [0.1, 0.15) is 23.7 Å². The zero-order valence-electron chi connectivity index (χ0n) is 11.1. The van der Waals surface area contributed by atoms with Crippen LogP contribution in [-0.4, -0.2) is 36.0 Å². The summed E-state index contributed by atoms with van der Waals surface area (Å²) in [6.07, 6.45) is -0.185. The lowest BCUT2D eigenvalue weighted by Gasteiger charge is -2.15. The Morgan fingerprint density at radius 3 is 2.50 bits per heavy atom. The van der Waals surface area contributed by atoms with Crippen molar-refractivity contribution in [1.82, 2.24) is 5.32 Å². The van der Waals surface area contributed by atoms with Crippen LogP contribution in [0, 0.1) is 5.92 Å². The first kappa shape index (κ1) is 14.0. The van der Waals surface area contributed by atoms with Gasteiger partial charge in [-0.25, -0.2) is 4.79 Å². The molecule has 20 heavy (non-hydrogen) atoms. The largest absolute Gasteiger partial charge is 0.481 e. The lowest BCUT2D eigenvalue weighted by Crippen LogP contribution is -2.27. The number of urea groups is 1. The molecule has 0 saturated carbocycles. The third-order valence-corrected chi connectivity index (χ3v) is 3.25. The van der Waals surface area contributed by atoms with Crippen LogP contribution < -0.4 is 10.2 Å². The summed E-state index contributed by atoms with van der Waals surface area (Å²) in [6.45, 7) is 2.80. The van der Waals surface area contributed by atoms with Crippen molar-refractivity contribution in [2.24, 2.45) is 5.92 Å². The lowest BCUT2D eigenvalue weighted by molar-refractivity contribution is -0.137. The molecule has 6 nitrogen and oxygen atoms in total. The Kier molecular flexibility index (Phi) is 4.02. The molecule has 2 amide bonds. The Balaban J connectivity index is 2.09. The number of ketones is 1. The molecule has 1 saturated heterocycles. The van der Waals surface area contributed by atoms with E-state index < -0.39 is 11.9 Å². The van der Waals surface area contributed by atoms with Crippen molar-refractivity contribution in [3.05, 3.63) is 29.8 Å². The number of hydrogen-bond acceptors (Lipinski definition) is 3. The zero-order valence-corrected chi connectivity index (χ0v) is 11.1. The van der Waals surface area contributed by atoms with Gasteiger partial charge in [-0.05, 0) is 24.3 Å². The van der Waals surface area contributed by atoms with Crippen LogP contribution in [0.4, 0.5) is 10.5 Å². The summed E-state index contributed by atoms with van der Waals surface area (Å²) >= 11 is 0. The normalized spacial score (nSPS) is 15.8. The average Bonchev–Trinajstić information content (AvgIpc) is 2.83. The van der Waals surface area contributed by atoms with E-state index in [9.17, 15) is 14.4 Å². The minimum atomic E-state index is -0.990. The van der Waals surface area contributed by atoms with Crippen LogP contribution in [0.3, 0.4) is 0 Å². The van der Waals surface area contributed by atoms with Crippen molar-refractivity contribution in [3.8, 4) is 0 Å². The first-order valence-corrected chi connectivity index (χ1v) is 6.40. The number of benzene rings is 1. The van der Waals surface area contributed by atoms with Gasteiger partial charge >= 0.3 is 12.0 Å². The monoisotopic (exact) mass is 276 g/mol. The smallest absolute Gasteiger partial charge is 0.321 e. The number of rotatable bonds is 5. The summed E-state index contributed by atoms with van der Waals surface area (Å²) < 4.78 is 0. The minimum Gasteiger partial charge on any atom is -0.481 e. The summed E-state index contributed by atoms with van der Waals surface area (Å²) in [7, 11) is 0. The van der Waals surface area contributed by atoms with Gasteiger partial charge in [0.25, 0.3) is 0 Å². The maximum Gasteiger partial charge on any atom is 0.321 e. The second-order valence-electron chi connectivity index (χ2n) is 4.79. The molecule has 0 aliphatic carbocycles. The van der Waals surface area contributed by atoms with Crippen LogP contribution in [-0.2, 0) is 4.79 Å². The molecule has 2 rings (SSSR count). The Labute approximate surface area is 116 Å². The highest BCUT2D eigenvalue weighted by molar-refractivity contribution is 6.00. The molecule has 1 atom stereocenters. The molecular formula is C14H16N2O4. The lowest BCUT2D eigenvalue weighted by atomic mass is 9.96. The predicted octanol–water partition coefficient (Wildman–Crippen LogP) is 1.51. The molecule has 1 heterocycles. The van der Waals surface area contributed by atoms with E-state index >= 15 is 0 Å². The fraction of sp³-hybridized carbons (Fsp3) is 0.357. The molecule has 1 aliphatic heterocycles. The number of amides is 2. The van der Waals surface area contributed by atoms with E-state index in [0.717, 1.165) is 5.69 Å². The highest BCUT2D eigenvalue weighted by Crippen LogP contribution is 2.19. The van der Waals surface area contributed by atoms with E-state index in [1.54, 1.807) is 36.1 Å². The Morgan fingerprint density at radius 2 is 2.00 bits per heavy atom. The summed E-state index contributed by atoms with van der Waals surface area (Å²) in [4.78, 5) is 35.7. The molecule has 1 unspecified atom stereocenters. The van der Waals surface area contributed by atoms with Gasteiger partial charge in [-0.1, -0.05) is 6.92 Å². The second kappa shape index (κ2) is 5.73. The third-order valence-electron chi connectivity index (χ3n) is 3.25. The summed E-state index contributed by atoms with van der Waals surface area (Å²) in [5.74, 6) is -1.76. The van der Waals surface area contributed by atoms with E-state index in [0.29, 0.717) is 18.7 Å². The number of nitrogens with one attached hydrogen (secondary N) is 1. The number of carboxylic acids is 1. The number of carboxylic acid groups (broad SMARTS) is 1. The fourth-order valence-corrected chi connectivity index (χ4v) is 2.16. The molecule has 6 heteroatoms. The fourth-order valence-electron chi connectivity index (χ4n) is 2.16. The third kappa shape index (κ3) is 2.96. The van der Waals surface area contributed by atoms with Gasteiger partial charge in [-0.3, -0.25) is 14.5 Å². The topological polar surface area (TPSA) is 86.7 Å². The summed E-state index contributed by atoms with van der Waals surface area (Å²) in [5, 5.41) is 11.4. The van der Waals surface area contributed by atoms with Crippen LogP contribution in [0.2, 0.25) is 0 Å². The average molecular weight is 276 g/mol. The van der Waals surface area contributed by atoms with E-state index in [2.05, 4.69) is 5.32 Å². The van der Waals surface area contributed by atoms with Crippen molar-refractivity contribution >= 4 is 23.5 Å². The Bertz CT molecular complexity index is 539. The van der Waals surface area contributed by atoms with Gasteiger partial charge in [-0.15, -0.1) is 0 Å². The zero-order chi connectivity index (χ0) is 14.7. The first-order chi connectivity index (χ1) is 9.49. The van der Waals surface area contributed by atoms with Crippen molar-refractivity contribution in [1.29, 1.82) is 0 Å². The minimum absolute atomic E-state index is 0.150. The van der Waals surface area contributed by atoms with Gasteiger partial charge in [0.15, 0.2) is 5.78 Å². The van der Waals surface area contributed by atoms with Crippen molar-refractivity contribution in [3.63, 3.8) is 0 Å². The van der Waals surface area contributed by atoms with Gasteiger partial charge in [0.2, 0.25) is 0 Å². The quantitative estimate of drug-likeness (QED) is 0.798. The molecule has 0 spiro atoms. The maximum atomic E-state index is 12.0. The highest BCUT2D eigenvalue weighted by atomic mass is 16.4. The summed E-state index contributed by atoms with van der Waals surface area (Å²) in [6, 6.07) is 6.50. The number of anilines is 1. The molecule has 0 aromatic heterocycles. The Hall–Kier alpha value is -2.37. The number of nitrogens with zero attached hydrogens (tertiary/aromatic N) is 1. The second-order valence-corrected chi connectivity index (χ2v) is 4.79. The maximum absolute atomic E-state index is 12.0. The summed E-state index contributed by atoms with van der Waals surface area (Å²) in [5.41, 5.74) is 1.18.